The summed E-state index contributed by atoms with van der Waals surface area (Å²) >= 11 is 2.73. The lowest BCUT2D eigenvalue weighted by Crippen LogP contribution is -2.52. The molecule has 0 unspecified atom stereocenters. The number of allylic oxidation sites excluding steroid dienone is 3. The van der Waals surface area contributed by atoms with Gasteiger partial charge in [-0.3, -0.25) is 4.79 Å². The van der Waals surface area contributed by atoms with Crippen LogP contribution in [0.1, 0.15) is 195 Å². The molecule has 0 aromatic heterocycles. The summed E-state index contributed by atoms with van der Waals surface area (Å²) in [5.41, 5.74) is 2.58. The molecule has 0 saturated heterocycles. The maximum atomic E-state index is 12.9. The topological polar surface area (TPSA) is 26.3 Å². The van der Waals surface area contributed by atoms with Gasteiger partial charge in [0.2, 0.25) is 0 Å². The standard InChI is InChI=1S/C45H77IO2/c1-6-7-8-9-10-11-12-13-14-15-16-17-18-19-20-24-43(47)48-38-29-32-45(34-46)37(33-38)25-26-39-41-28-27-40(36(4)23-21-22-35(2)3)44(41,5)31-30-42(39)45/h13-14,25,35-36,38-42H,6-12,15-24,26-34H2,1-5H3/b14-13+/t36-,38+,39+,40-,41+,42+,44-,45-/m1/s1. The number of carbonyl (C=O) groups is 1. The number of carbonyl (C=O) groups excluding carboxylic acids is 1. The summed E-state index contributed by atoms with van der Waals surface area (Å²) in [4.78, 5) is 12.9. The molecule has 3 fully saturated rings. The first-order valence-electron chi connectivity index (χ1n) is 21.3. The van der Waals surface area contributed by atoms with E-state index in [9.17, 15) is 4.79 Å². The van der Waals surface area contributed by atoms with E-state index in [1.807, 2.05) is 0 Å². The van der Waals surface area contributed by atoms with Crippen molar-refractivity contribution < 1.29 is 9.53 Å². The smallest absolute Gasteiger partial charge is 0.306 e. The van der Waals surface area contributed by atoms with Gasteiger partial charge in [0.05, 0.1) is 0 Å². The third-order valence-electron chi connectivity index (χ3n) is 14.2. The second-order valence-electron chi connectivity index (χ2n) is 17.9. The molecule has 8 atom stereocenters. The lowest BCUT2D eigenvalue weighted by Gasteiger charge is -2.59. The normalized spacial score (nSPS) is 32.1. The van der Waals surface area contributed by atoms with Gasteiger partial charge in [-0.15, -0.1) is 0 Å². The molecule has 0 spiro atoms. The fourth-order valence-corrected chi connectivity index (χ4v) is 12.8. The number of ether oxygens (including phenoxy) is 1. The zero-order chi connectivity index (χ0) is 34.4. The van der Waals surface area contributed by atoms with Gasteiger partial charge in [0, 0.05) is 22.7 Å². The maximum Gasteiger partial charge on any atom is 0.306 e. The molecule has 276 valence electrons. The third-order valence-corrected chi connectivity index (χ3v) is 15.5. The summed E-state index contributed by atoms with van der Waals surface area (Å²) < 4.78 is 7.41. The van der Waals surface area contributed by atoms with Crippen LogP contribution >= 0.6 is 22.6 Å². The van der Waals surface area contributed by atoms with Gasteiger partial charge < -0.3 is 4.74 Å². The lowest BCUT2D eigenvalue weighted by atomic mass is 9.47. The van der Waals surface area contributed by atoms with Crippen molar-refractivity contribution in [1.29, 1.82) is 0 Å². The molecule has 0 aromatic carbocycles. The lowest BCUT2D eigenvalue weighted by molar-refractivity contribution is -0.151. The van der Waals surface area contributed by atoms with Crippen LogP contribution in [0.5, 0.6) is 0 Å². The fraction of sp³-hybridized carbons (Fsp3) is 0.889. The molecule has 0 amide bonds. The van der Waals surface area contributed by atoms with Crippen LogP contribution in [0.25, 0.3) is 0 Å². The second-order valence-corrected chi connectivity index (χ2v) is 18.6. The minimum atomic E-state index is 0.0573. The van der Waals surface area contributed by atoms with Crippen LogP contribution in [0.15, 0.2) is 23.8 Å². The van der Waals surface area contributed by atoms with Crippen molar-refractivity contribution in [2.75, 3.05) is 4.43 Å². The van der Waals surface area contributed by atoms with Crippen molar-refractivity contribution in [2.45, 2.75) is 201 Å². The van der Waals surface area contributed by atoms with Crippen molar-refractivity contribution >= 4 is 28.6 Å². The molecule has 0 radical (unpaired) electrons. The van der Waals surface area contributed by atoms with Crippen molar-refractivity contribution in [3.63, 3.8) is 0 Å². The van der Waals surface area contributed by atoms with Crippen LogP contribution in [0.4, 0.5) is 0 Å². The van der Waals surface area contributed by atoms with Gasteiger partial charge in [-0.05, 0) is 118 Å². The predicted molar refractivity (Wildman–Crippen MR) is 216 cm³/mol. The molecule has 4 aliphatic rings. The van der Waals surface area contributed by atoms with Crippen LogP contribution < -0.4 is 0 Å². The zero-order valence-corrected chi connectivity index (χ0v) is 34.5. The first-order chi connectivity index (χ1) is 23.2. The number of fused-ring (bicyclic) bond motifs is 5. The Morgan fingerprint density at radius 3 is 2.23 bits per heavy atom. The molecule has 4 aliphatic carbocycles. The van der Waals surface area contributed by atoms with Crippen molar-refractivity contribution in [3.05, 3.63) is 23.8 Å². The minimum Gasteiger partial charge on any atom is -0.462 e. The highest BCUT2D eigenvalue weighted by Crippen LogP contribution is 2.67. The van der Waals surface area contributed by atoms with Crippen LogP contribution in [0, 0.1) is 46.3 Å². The Morgan fingerprint density at radius 1 is 0.854 bits per heavy atom. The van der Waals surface area contributed by atoms with Gasteiger partial charge >= 0.3 is 5.97 Å². The van der Waals surface area contributed by atoms with Gasteiger partial charge in [-0.2, -0.15) is 0 Å². The van der Waals surface area contributed by atoms with Crippen molar-refractivity contribution in [3.8, 4) is 0 Å². The summed E-state index contributed by atoms with van der Waals surface area (Å²) in [6, 6.07) is 0. The van der Waals surface area contributed by atoms with Crippen molar-refractivity contribution in [1.82, 2.24) is 0 Å². The highest BCUT2D eigenvalue weighted by Gasteiger charge is 2.60. The quantitative estimate of drug-likeness (QED) is 0.0360. The van der Waals surface area contributed by atoms with Crippen LogP contribution in [0.2, 0.25) is 0 Å². The van der Waals surface area contributed by atoms with E-state index in [0.717, 1.165) is 61.2 Å². The van der Waals surface area contributed by atoms with E-state index < -0.39 is 0 Å². The van der Waals surface area contributed by atoms with E-state index in [-0.39, 0.29) is 12.1 Å². The molecule has 2 nitrogen and oxygen atoms in total. The SMILES string of the molecule is CCCCCCCC/C=C/CCCCCCCC(=O)O[C@H]1CC[C@@]2(CI)C(=CC[C@@H]3[C@@H]2CC[C@]2(C)[C@@H]([C@H](C)CCCC(C)C)CC[C@@H]32)C1. The van der Waals surface area contributed by atoms with Gasteiger partial charge in [0.25, 0.3) is 0 Å². The summed E-state index contributed by atoms with van der Waals surface area (Å²) in [5.74, 6) is 5.32. The molecule has 0 heterocycles. The van der Waals surface area contributed by atoms with Crippen molar-refractivity contribution in [2.24, 2.45) is 46.3 Å². The molecule has 0 aliphatic heterocycles. The van der Waals surface area contributed by atoms with Crippen LogP contribution in [0.3, 0.4) is 0 Å². The van der Waals surface area contributed by atoms with E-state index in [2.05, 4.69) is 75.4 Å². The highest BCUT2D eigenvalue weighted by atomic mass is 127. The van der Waals surface area contributed by atoms with E-state index in [1.165, 1.54) is 133 Å². The molecule has 0 N–H and O–H groups in total. The van der Waals surface area contributed by atoms with Gasteiger partial charge in [0.1, 0.15) is 6.10 Å². The van der Waals surface area contributed by atoms with E-state index in [1.54, 1.807) is 5.57 Å². The number of esters is 1. The Balaban J connectivity index is 1.15. The van der Waals surface area contributed by atoms with Gasteiger partial charge in [-0.25, -0.2) is 0 Å². The Labute approximate surface area is 312 Å². The van der Waals surface area contributed by atoms with Gasteiger partial charge in [-0.1, -0.05) is 152 Å². The summed E-state index contributed by atoms with van der Waals surface area (Å²) in [7, 11) is 0. The molecule has 48 heavy (non-hydrogen) atoms. The summed E-state index contributed by atoms with van der Waals surface area (Å²) in [6.07, 6.45) is 39.5. The first kappa shape index (κ1) is 40.5. The zero-order valence-electron chi connectivity index (χ0n) is 32.4. The van der Waals surface area contributed by atoms with E-state index in [4.69, 9.17) is 4.74 Å². The Hall–Kier alpha value is -0.320. The highest BCUT2D eigenvalue weighted by molar-refractivity contribution is 14.1. The number of alkyl halides is 1. The number of hydrogen-bond acceptors (Lipinski definition) is 2. The Bertz CT molecular complexity index is 999. The average molecular weight is 777 g/mol. The molecule has 0 bridgehead atoms. The third kappa shape index (κ3) is 10.8. The van der Waals surface area contributed by atoms with Crippen LogP contribution in [-0.2, 0) is 9.53 Å². The number of rotatable bonds is 22. The van der Waals surface area contributed by atoms with Crippen LogP contribution in [-0.4, -0.2) is 16.5 Å². The molecular weight excluding hydrogens is 699 g/mol. The molecule has 3 heteroatoms. The predicted octanol–water partition coefficient (Wildman–Crippen LogP) is 14.4. The fourth-order valence-electron chi connectivity index (χ4n) is 11.4. The Kier molecular flexibility index (Phi) is 17.4. The number of halogens is 1. The number of hydrogen-bond donors (Lipinski definition) is 0. The minimum absolute atomic E-state index is 0.0573. The molecule has 4 rings (SSSR count). The second kappa shape index (κ2) is 20.7. The monoisotopic (exact) mass is 776 g/mol. The van der Waals surface area contributed by atoms with Gasteiger partial charge in [0.15, 0.2) is 0 Å². The number of unbranched alkanes of at least 4 members (excludes halogenated alkanes) is 11. The van der Waals surface area contributed by atoms with E-state index >= 15 is 0 Å². The summed E-state index contributed by atoms with van der Waals surface area (Å²) in [6.45, 7) is 12.4. The van der Waals surface area contributed by atoms with E-state index in [0.29, 0.717) is 17.3 Å². The molecule has 0 aromatic rings. The average Bonchev–Trinajstić information content (AvgIpc) is 3.43. The molecule has 3 saturated carbocycles. The maximum absolute atomic E-state index is 12.9. The molecular formula is C45H77IO2. The largest absolute Gasteiger partial charge is 0.462 e. The first-order valence-corrected chi connectivity index (χ1v) is 22.9. The summed E-state index contributed by atoms with van der Waals surface area (Å²) in [5, 5.41) is 0. The Morgan fingerprint density at radius 2 is 1.54 bits per heavy atom.